The third kappa shape index (κ3) is 2.84. The topological polar surface area (TPSA) is 49.2 Å². The fourth-order valence-corrected chi connectivity index (χ4v) is 3.41. The molecule has 2 atom stereocenters. The van der Waals surface area contributed by atoms with E-state index in [1.165, 1.54) is 0 Å². The molecule has 0 spiro atoms. The summed E-state index contributed by atoms with van der Waals surface area (Å²) in [5.41, 5.74) is -1.58. The quantitative estimate of drug-likeness (QED) is 0.866. The van der Waals surface area contributed by atoms with Gasteiger partial charge in [0.2, 0.25) is 5.95 Å². The first kappa shape index (κ1) is 14.6. The molecule has 1 aliphatic carbocycles. The Morgan fingerprint density at radius 1 is 1.29 bits per heavy atom. The molecule has 2 aliphatic rings. The van der Waals surface area contributed by atoms with E-state index in [0.717, 1.165) is 37.9 Å². The van der Waals surface area contributed by atoms with Gasteiger partial charge in [0.1, 0.15) is 5.69 Å². The summed E-state index contributed by atoms with van der Waals surface area (Å²) in [5, 5.41) is 10.6. The summed E-state index contributed by atoms with van der Waals surface area (Å²) in [6.45, 7) is 1.02. The van der Waals surface area contributed by atoms with Crippen LogP contribution in [0.1, 0.15) is 37.8 Å². The van der Waals surface area contributed by atoms with Gasteiger partial charge in [-0.05, 0) is 25.3 Å². The Morgan fingerprint density at radius 3 is 2.86 bits per heavy atom. The van der Waals surface area contributed by atoms with Gasteiger partial charge in [0.25, 0.3) is 0 Å². The van der Waals surface area contributed by atoms with Crippen LogP contribution in [0.2, 0.25) is 0 Å². The summed E-state index contributed by atoms with van der Waals surface area (Å²) in [7, 11) is 0. The maximum atomic E-state index is 12.7. The van der Waals surface area contributed by atoms with Gasteiger partial charge in [0.15, 0.2) is 0 Å². The molecule has 1 N–H and O–H groups in total. The van der Waals surface area contributed by atoms with Crippen LogP contribution in [0.4, 0.5) is 19.1 Å². The Bertz CT molecular complexity index is 522. The summed E-state index contributed by atoms with van der Waals surface area (Å²) >= 11 is 0. The number of halogens is 3. The van der Waals surface area contributed by atoms with E-state index in [9.17, 15) is 18.3 Å². The lowest BCUT2D eigenvalue weighted by Gasteiger charge is -2.47. The molecule has 21 heavy (non-hydrogen) atoms. The van der Waals surface area contributed by atoms with Crippen LogP contribution in [-0.4, -0.2) is 33.8 Å². The summed E-state index contributed by atoms with van der Waals surface area (Å²) in [4.78, 5) is 9.37. The van der Waals surface area contributed by atoms with Crippen molar-refractivity contribution in [3.05, 3.63) is 18.0 Å². The molecule has 3 rings (SSSR count). The number of piperidine rings is 1. The second-order valence-electron chi connectivity index (χ2n) is 5.98. The number of fused-ring (bicyclic) bond motifs is 1. The number of hydrogen-bond acceptors (Lipinski definition) is 4. The molecule has 0 bridgehead atoms. The minimum absolute atomic E-state index is 0.0955. The number of alkyl halides is 3. The van der Waals surface area contributed by atoms with Gasteiger partial charge >= 0.3 is 6.18 Å². The smallest absolute Gasteiger partial charge is 0.389 e. The maximum Gasteiger partial charge on any atom is 0.433 e. The first-order valence-corrected chi connectivity index (χ1v) is 7.26. The summed E-state index contributed by atoms with van der Waals surface area (Å²) in [5.74, 6) is 0.204. The van der Waals surface area contributed by atoms with E-state index in [-0.39, 0.29) is 11.9 Å². The van der Waals surface area contributed by atoms with Gasteiger partial charge in [-0.2, -0.15) is 13.2 Å². The van der Waals surface area contributed by atoms with Crippen molar-refractivity contribution in [1.82, 2.24) is 9.97 Å². The predicted octanol–water partition coefficient (Wildman–Crippen LogP) is 2.63. The average molecular weight is 301 g/mol. The second-order valence-corrected chi connectivity index (χ2v) is 5.98. The lowest BCUT2D eigenvalue weighted by Crippen LogP contribution is -2.53. The van der Waals surface area contributed by atoms with Crippen molar-refractivity contribution >= 4 is 5.95 Å². The molecule has 116 valence electrons. The maximum absolute atomic E-state index is 12.7. The van der Waals surface area contributed by atoms with Crippen LogP contribution in [0.3, 0.4) is 0 Å². The van der Waals surface area contributed by atoms with Crippen molar-refractivity contribution in [1.29, 1.82) is 0 Å². The molecule has 1 aromatic heterocycles. The van der Waals surface area contributed by atoms with Crippen LogP contribution in [0.25, 0.3) is 0 Å². The Balaban J connectivity index is 1.79. The fourth-order valence-electron chi connectivity index (χ4n) is 3.41. The molecular formula is C14H18F3N3O. The fraction of sp³-hybridized carbons (Fsp3) is 0.714. The van der Waals surface area contributed by atoms with Crippen molar-refractivity contribution < 1.29 is 18.3 Å². The second kappa shape index (κ2) is 5.12. The minimum Gasteiger partial charge on any atom is -0.389 e. The zero-order valence-corrected chi connectivity index (χ0v) is 11.6. The lowest BCUT2D eigenvalue weighted by molar-refractivity contribution is -0.141. The van der Waals surface area contributed by atoms with Gasteiger partial charge in [0.05, 0.1) is 5.60 Å². The zero-order valence-electron chi connectivity index (χ0n) is 11.6. The van der Waals surface area contributed by atoms with E-state index < -0.39 is 17.5 Å². The Hall–Kier alpha value is -1.37. The molecule has 7 heteroatoms. The van der Waals surface area contributed by atoms with Crippen LogP contribution in [0.5, 0.6) is 0 Å². The molecule has 1 saturated carbocycles. The molecule has 1 aromatic rings. The van der Waals surface area contributed by atoms with Crippen molar-refractivity contribution in [2.45, 2.75) is 43.9 Å². The van der Waals surface area contributed by atoms with Crippen molar-refractivity contribution in [2.75, 3.05) is 18.0 Å². The number of anilines is 1. The van der Waals surface area contributed by atoms with E-state index in [2.05, 4.69) is 9.97 Å². The highest BCUT2D eigenvalue weighted by atomic mass is 19.4. The standard InChI is InChI=1S/C14H18F3N3O/c15-14(16,17)11-4-7-18-12(19-11)20-8-6-13(21)5-2-1-3-10(13)9-20/h4,7,10,21H,1-3,5-6,8-9H2. The van der Waals surface area contributed by atoms with Crippen molar-refractivity contribution in [3.8, 4) is 0 Å². The normalized spacial score (nSPS) is 30.1. The molecule has 0 amide bonds. The minimum atomic E-state index is -4.46. The summed E-state index contributed by atoms with van der Waals surface area (Å²) < 4.78 is 38.1. The molecule has 2 heterocycles. The monoisotopic (exact) mass is 301 g/mol. The van der Waals surface area contributed by atoms with Crippen molar-refractivity contribution in [2.24, 2.45) is 5.92 Å². The molecule has 1 saturated heterocycles. The number of aromatic nitrogens is 2. The number of nitrogens with zero attached hydrogens (tertiary/aromatic N) is 3. The van der Waals surface area contributed by atoms with E-state index in [1.54, 1.807) is 4.90 Å². The van der Waals surface area contributed by atoms with Crippen molar-refractivity contribution in [3.63, 3.8) is 0 Å². The first-order chi connectivity index (χ1) is 9.88. The molecule has 0 radical (unpaired) electrons. The van der Waals surface area contributed by atoms with Crippen LogP contribution >= 0.6 is 0 Å². The van der Waals surface area contributed by atoms with Gasteiger partial charge in [-0.25, -0.2) is 9.97 Å². The molecule has 2 fully saturated rings. The largest absolute Gasteiger partial charge is 0.433 e. The van der Waals surface area contributed by atoms with Crippen LogP contribution in [0, 0.1) is 5.92 Å². The van der Waals surface area contributed by atoms with E-state index >= 15 is 0 Å². The highest BCUT2D eigenvalue weighted by molar-refractivity contribution is 5.33. The van der Waals surface area contributed by atoms with Gasteiger partial charge in [-0.1, -0.05) is 12.8 Å². The third-order valence-electron chi connectivity index (χ3n) is 4.64. The zero-order chi connectivity index (χ0) is 15.1. The molecule has 2 unspecified atom stereocenters. The predicted molar refractivity (Wildman–Crippen MR) is 70.8 cm³/mol. The first-order valence-electron chi connectivity index (χ1n) is 7.26. The van der Waals surface area contributed by atoms with Crippen LogP contribution in [-0.2, 0) is 6.18 Å². The van der Waals surface area contributed by atoms with Gasteiger partial charge in [-0.15, -0.1) is 0 Å². The van der Waals surface area contributed by atoms with Crippen LogP contribution in [0.15, 0.2) is 12.3 Å². The van der Waals surface area contributed by atoms with E-state index in [1.807, 2.05) is 0 Å². The summed E-state index contributed by atoms with van der Waals surface area (Å²) in [6.07, 6.45) is 1.03. The van der Waals surface area contributed by atoms with E-state index in [0.29, 0.717) is 19.5 Å². The number of aliphatic hydroxyl groups is 1. The Kier molecular flexibility index (Phi) is 3.55. The lowest BCUT2D eigenvalue weighted by atomic mass is 9.71. The molecule has 4 nitrogen and oxygen atoms in total. The highest BCUT2D eigenvalue weighted by Crippen LogP contribution is 2.40. The van der Waals surface area contributed by atoms with Gasteiger partial charge < -0.3 is 10.0 Å². The van der Waals surface area contributed by atoms with Gasteiger partial charge in [-0.3, -0.25) is 0 Å². The molecule has 1 aliphatic heterocycles. The molecular weight excluding hydrogens is 283 g/mol. The Labute approximate surface area is 121 Å². The third-order valence-corrected chi connectivity index (χ3v) is 4.64. The number of rotatable bonds is 1. The average Bonchev–Trinajstić information content (AvgIpc) is 2.45. The SMILES string of the molecule is OC12CCCCC1CN(c1nccc(C(F)(F)F)n1)CC2. The Morgan fingerprint density at radius 2 is 2.10 bits per heavy atom. The molecule has 0 aromatic carbocycles. The highest BCUT2D eigenvalue weighted by Gasteiger charge is 2.43. The van der Waals surface area contributed by atoms with Gasteiger partial charge in [0, 0.05) is 25.2 Å². The van der Waals surface area contributed by atoms with Crippen LogP contribution < -0.4 is 4.90 Å². The summed E-state index contributed by atoms with van der Waals surface area (Å²) in [6, 6.07) is 0.879. The van der Waals surface area contributed by atoms with E-state index in [4.69, 9.17) is 0 Å². The number of hydrogen-bond donors (Lipinski definition) is 1.